The number of aromatic nitrogens is 2. The Morgan fingerprint density at radius 1 is 1.25 bits per heavy atom. The third-order valence-corrected chi connectivity index (χ3v) is 2.46. The molecule has 0 aliphatic rings. The van der Waals surface area contributed by atoms with Gasteiger partial charge in [-0.2, -0.15) is 0 Å². The molecule has 0 bridgehead atoms. The minimum atomic E-state index is 0.105. The maximum Gasteiger partial charge on any atom is 0.328 e. The van der Waals surface area contributed by atoms with Crippen molar-refractivity contribution in [3.05, 3.63) is 22.9 Å². The maximum absolute atomic E-state index is 11.8. The predicted octanol–water partition coefficient (Wildman–Crippen LogP) is 1.31. The van der Waals surface area contributed by atoms with Crippen LogP contribution >= 0.6 is 0 Å². The van der Waals surface area contributed by atoms with Crippen molar-refractivity contribution >= 4 is 0 Å². The van der Waals surface area contributed by atoms with Crippen molar-refractivity contribution in [1.29, 1.82) is 0 Å². The van der Waals surface area contributed by atoms with Gasteiger partial charge in [-0.3, -0.25) is 9.13 Å². The second-order valence-corrected chi connectivity index (χ2v) is 4.57. The van der Waals surface area contributed by atoms with Crippen LogP contribution in [-0.2, 0) is 13.1 Å². The predicted molar refractivity (Wildman–Crippen MR) is 66.7 cm³/mol. The summed E-state index contributed by atoms with van der Waals surface area (Å²) in [6.07, 6.45) is 4.73. The Morgan fingerprint density at radius 2 is 1.88 bits per heavy atom. The van der Waals surface area contributed by atoms with Crippen LogP contribution in [0.4, 0.5) is 0 Å². The number of hydrogen-bond acceptors (Lipinski definition) is 2. The fourth-order valence-corrected chi connectivity index (χ4v) is 1.62. The van der Waals surface area contributed by atoms with E-state index in [4.69, 9.17) is 0 Å². The van der Waals surface area contributed by atoms with Crippen molar-refractivity contribution in [2.75, 3.05) is 13.1 Å². The second-order valence-electron chi connectivity index (χ2n) is 4.57. The van der Waals surface area contributed by atoms with Crippen molar-refractivity contribution in [2.24, 2.45) is 5.92 Å². The number of nitrogens with zero attached hydrogens (tertiary/aromatic N) is 2. The molecule has 4 nitrogen and oxygen atoms in total. The van der Waals surface area contributed by atoms with Gasteiger partial charge in [0.2, 0.25) is 0 Å². The summed E-state index contributed by atoms with van der Waals surface area (Å²) in [5.41, 5.74) is 0.105. The molecule has 92 valence electrons. The molecule has 0 aliphatic heterocycles. The van der Waals surface area contributed by atoms with Crippen LogP contribution in [0.5, 0.6) is 0 Å². The Kier molecular flexibility index (Phi) is 5.32. The molecule has 4 heteroatoms. The first kappa shape index (κ1) is 13.0. The molecule has 1 aromatic heterocycles. The van der Waals surface area contributed by atoms with Crippen molar-refractivity contribution in [3.63, 3.8) is 0 Å². The van der Waals surface area contributed by atoms with Gasteiger partial charge in [0, 0.05) is 32.0 Å². The zero-order valence-corrected chi connectivity index (χ0v) is 10.6. The Morgan fingerprint density at radius 3 is 2.44 bits per heavy atom. The van der Waals surface area contributed by atoms with Crippen LogP contribution in [0.3, 0.4) is 0 Å². The van der Waals surface area contributed by atoms with E-state index in [1.54, 1.807) is 9.13 Å². The molecule has 0 aliphatic carbocycles. The summed E-state index contributed by atoms with van der Waals surface area (Å²) in [5.74, 6) is 0.654. The van der Waals surface area contributed by atoms with Gasteiger partial charge in [0.25, 0.3) is 0 Å². The zero-order valence-electron chi connectivity index (χ0n) is 10.6. The van der Waals surface area contributed by atoms with Gasteiger partial charge in [-0.05, 0) is 18.9 Å². The number of nitrogens with one attached hydrogen (secondary N) is 1. The quantitative estimate of drug-likeness (QED) is 0.711. The largest absolute Gasteiger partial charge is 0.328 e. The SMILES string of the molecule is CCCn1ccn(CCNCC(C)C)c1=O. The lowest BCUT2D eigenvalue weighted by Gasteiger charge is -2.07. The lowest BCUT2D eigenvalue weighted by atomic mass is 10.2. The van der Waals surface area contributed by atoms with Crippen LogP contribution in [0.2, 0.25) is 0 Å². The van der Waals surface area contributed by atoms with Gasteiger partial charge < -0.3 is 5.32 Å². The van der Waals surface area contributed by atoms with E-state index in [0.29, 0.717) is 5.92 Å². The van der Waals surface area contributed by atoms with Crippen molar-refractivity contribution < 1.29 is 0 Å². The average Bonchev–Trinajstić information content (AvgIpc) is 2.57. The number of hydrogen-bond donors (Lipinski definition) is 1. The molecule has 0 spiro atoms. The van der Waals surface area contributed by atoms with E-state index in [2.05, 4.69) is 26.1 Å². The summed E-state index contributed by atoms with van der Waals surface area (Å²) >= 11 is 0. The smallest absolute Gasteiger partial charge is 0.315 e. The van der Waals surface area contributed by atoms with Crippen LogP contribution < -0.4 is 11.0 Å². The molecule has 0 amide bonds. The lowest BCUT2D eigenvalue weighted by molar-refractivity contribution is 0.514. The Balaban J connectivity index is 2.40. The normalized spacial score (nSPS) is 11.2. The molecule has 0 radical (unpaired) electrons. The highest BCUT2D eigenvalue weighted by atomic mass is 16.1. The second kappa shape index (κ2) is 6.53. The molecular formula is C12H23N3O. The van der Waals surface area contributed by atoms with E-state index in [9.17, 15) is 4.79 Å². The van der Waals surface area contributed by atoms with Gasteiger partial charge in [0.05, 0.1) is 0 Å². The molecule has 1 rings (SSSR count). The first-order valence-electron chi connectivity index (χ1n) is 6.11. The van der Waals surface area contributed by atoms with Crippen molar-refractivity contribution in [1.82, 2.24) is 14.5 Å². The summed E-state index contributed by atoms with van der Waals surface area (Å²) in [7, 11) is 0. The number of imidazole rings is 1. The minimum Gasteiger partial charge on any atom is -0.315 e. The number of aryl methyl sites for hydroxylation is 1. The third kappa shape index (κ3) is 3.85. The molecule has 0 saturated carbocycles. The van der Waals surface area contributed by atoms with Gasteiger partial charge in [-0.15, -0.1) is 0 Å². The van der Waals surface area contributed by atoms with E-state index in [1.165, 1.54) is 0 Å². The molecule has 0 atom stereocenters. The summed E-state index contributed by atoms with van der Waals surface area (Å²) < 4.78 is 3.53. The molecule has 1 aromatic rings. The maximum atomic E-state index is 11.8. The van der Waals surface area contributed by atoms with E-state index < -0.39 is 0 Å². The molecular weight excluding hydrogens is 202 g/mol. The highest BCUT2D eigenvalue weighted by Gasteiger charge is 2.01. The monoisotopic (exact) mass is 225 g/mol. The van der Waals surface area contributed by atoms with E-state index in [0.717, 1.165) is 32.6 Å². The summed E-state index contributed by atoms with van der Waals surface area (Å²) in [5, 5.41) is 3.33. The van der Waals surface area contributed by atoms with Gasteiger partial charge in [0.1, 0.15) is 0 Å². The third-order valence-electron chi connectivity index (χ3n) is 2.46. The lowest BCUT2D eigenvalue weighted by Crippen LogP contribution is -2.29. The first-order chi connectivity index (χ1) is 7.65. The molecule has 0 unspecified atom stereocenters. The van der Waals surface area contributed by atoms with Crippen LogP contribution in [-0.4, -0.2) is 22.2 Å². The molecule has 16 heavy (non-hydrogen) atoms. The molecule has 1 N–H and O–H groups in total. The Labute approximate surface area is 97.3 Å². The molecule has 0 aromatic carbocycles. The number of rotatable bonds is 7. The average molecular weight is 225 g/mol. The van der Waals surface area contributed by atoms with E-state index >= 15 is 0 Å². The van der Waals surface area contributed by atoms with Crippen LogP contribution in [0.15, 0.2) is 17.2 Å². The fraction of sp³-hybridized carbons (Fsp3) is 0.750. The van der Waals surface area contributed by atoms with Gasteiger partial charge >= 0.3 is 5.69 Å². The standard InChI is InChI=1S/C12H23N3O/c1-4-6-14-8-9-15(12(14)16)7-5-13-10-11(2)3/h8-9,11,13H,4-7,10H2,1-3H3. The van der Waals surface area contributed by atoms with E-state index in [1.807, 2.05) is 12.4 Å². The Bertz CT molecular complexity index is 351. The van der Waals surface area contributed by atoms with Crippen LogP contribution in [0.25, 0.3) is 0 Å². The highest BCUT2D eigenvalue weighted by molar-refractivity contribution is 4.81. The molecule has 0 fully saturated rings. The zero-order chi connectivity index (χ0) is 12.0. The van der Waals surface area contributed by atoms with Gasteiger partial charge in [0.15, 0.2) is 0 Å². The van der Waals surface area contributed by atoms with E-state index in [-0.39, 0.29) is 5.69 Å². The summed E-state index contributed by atoms with van der Waals surface area (Å²) in [6.45, 7) is 9.86. The summed E-state index contributed by atoms with van der Waals surface area (Å²) in [6, 6.07) is 0. The Hall–Kier alpha value is -1.03. The summed E-state index contributed by atoms with van der Waals surface area (Å²) in [4.78, 5) is 11.8. The van der Waals surface area contributed by atoms with Crippen LogP contribution in [0, 0.1) is 5.92 Å². The first-order valence-corrected chi connectivity index (χ1v) is 6.11. The topological polar surface area (TPSA) is 39.0 Å². The van der Waals surface area contributed by atoms with Crippen molar-refractivity contribution in [2.45, 2.75) is 40.3 Å². The molecule has 1 heterocycles. The van der Waals surface area contributed by atoms with Gasteiger partial charge in [-0.25, -0.2) is 4.79 Å². The van der Waals surface area contributed by atoms with Crippen LogP contribution in [0.1, 0.15) is 27.2 Å². The van der Waals surface area contributed by atoms with Crippen molar-refractivity contribution in [3.8, 4) is 0 Å². The molecule has 0 saturated heterocycles. The highest BCUT2D eigenvalue weighted by Crippen LogP contribution is 1.89. The fourth-order valence-electron chi connectivity index (χ4n) is 1.62. The van der Waals surface area contributed by atoms with Gasteiger partial charge in [-0.1, -0.05) is 20.8 Å². The minimum absolute atomic E-state index is 0.105.